The Balaban J connectivity index is 2.41. The van der Waals surface area contributed by atoms with Crippen molar-refractivity contribution in [2.24, 2.45) is 5.92 Å². The monoisotopic (exact) mass is 224 g/mol. The fourth-order valence-corrected chi connectivity index (χ4v) is 1.90. The van der Waals surface area contributed by atoms with Crippen LogP contribution in [-0.4, -0.2) is 18.5 Å². The first-order valence-electron chi connectivity index (χ1n) is 6.22. The summed E-state index contributed by atoms with van der Waals surface area (Å²) in [7, 11) is 1.70. The zero-order chi connectivity index (χ0) is 12.2. The molecule has 0 saturated heterocycles. The summed E-state index contributed by atoms with van der Waals surface area (Å²) in [4.78, 5) is 11.9. The molecule has 1 atom stereocenters. The van der Waals surface area contributed by atoms with Crippen LogP contribution in [0.5, 0.6) is 0 Å². The maximum Gasteiger partial charge on any atom is 0.158 e. The molecule has 0 N–H and O–H groups in total. The molecule has 0 aliphatic heterocycles. The van der Waals surface area contributed by atoms with Gasteiger partial charge in [-0.1, -0.05) is 13.0 Å². The standard InChI is InChI=1S/C14H24O2/c1-11-5-7-12(8-6-11)13(15)9-10-14(2,3)16-4/h7,11H,5-6,8-10H2,1-4H3. The summed E-state index contributed by atoms with van der Waals surface area (Å²) in [6, 6.07) is 0. The molecule has 0 fully saturated rings. The van der Waals surface area contributed by atoms with Crippen LogP contribution in [-0.2, 0) is 9.53 Å². The summed E-state index contributed by atoms with van der Waals surface area (Å²) in [6.45, 7) is 6.29. The number of carbonyl (C=O) groups excluding carboxylic acids is 1. The lowest BCUT2D eigenvalue weighted by Gasteiger charge is -2.23. The van der Waals surface area contributed by atoms with Crippen molar-refractivity contribution in [1.82, 2.24) is 0 Å². The minimum absolute atomic E-state index is 0.182. The first-order valence-corrected chi connectivity index (χ1v) is 6.22. The van der Waals surface area contributed by atoms with Gasteiger partial charge in [-0.25, -0.2) is 0 Å². The quantitative estimate of drug-likeness (QED) is 0.714. The van der Waals surface area contributed by atoms with Gasteiger partial charge in [0.05, 0.1) is 5.60 Å². The molecule has 0 aromatic heterocycles. The van der Waals surface area contributed by atoms with Gasteiger partial charge in [0.2, 0.25) is 0 Å². The van der Waals surface area contributed by atoms with E-state index >= 15 is 0 Å². The second kappa shape index (κ2) is 5.62. The van der Waals surface area contributed by atoms with Crippen LogP contribution in [0.25, 0.3) is 0 Å². The van der Waals surface area contributed by atoms with Gasteiger partial charge in [-0.05, 0) is 51.0 Å². The fraction of sp³-hybridized carbons (Fsp3) is 0.786. The van der Waals surface area contributed by atoms with Crippen molar-refractivity contribution in [3.05, 3.63) is 11.6 Å². The summed E-state index contributed by atoms with van der Waals surface area (Å²) in [5, 5.41) is 0. The molecule has 0 aromatic carbocycles. The van der Waals surface area contributed by atoms with Gasteiger partial charge in [0, 0.05) is 13.5 Å². The molecule has 0 spiro atoms. The molecule has 0 heterocycles. The van der Waals surface area contributed by atoms with Crippen molar-refractivity contribution in [3.8, 4) is 0 Å². The number of ketones is 1. The Bertz CT molecular complexity index is 276. The Morgan fingerprint density at radius 3 is 2.75 bits per heavy atom. The van der Waals surface area contributed by atoms with Gasteiger partial charge in [0.25, 0.3) is 0 Å². The van der Waals surface area contributed by atoms with Gasteiger partial charge in [-0.15, -0.1) is 0 Å². The molecule has 0 aromatic rings. The summed E-state index contributed by atoms with van der Waals surface area (Å²) in [6.07, 6.45) is 6.74. The lowest BCUT2D eigenvalue weighted by Crippen LogP contribution is -2.24. The maximum absolute atomic E-state index is 11.9. The molecule has 1 rings (SSSR count). The predicted molar refractivity (Wildman–Crippen MR) is 66.4 cm³/mol. The highest BCUT2D eigenvalue weighted by Crippen LogP contribution is 2.25. The molecule has 2 nitrogen and oxygen atoms in total. The molecule has 16 heavy (non-hydrogen) atoms. The normalized spacial score (nSPS) is 21.8. The Morgan fingerprint density at radius 2 is 2.25 bits per heavy atom. The number of rotatable bonds is 5. The van der Waals surface area contributed by atoms with Crippen LogP contribution in [0.3, 0.4) is 0 Å². The average Bonchev–Trinajstić information content (AvgIpc) is 2.27. The van der Waals surface area contributed by atoms with Crippen LogP contribution in [0.15, 0.2) is 11.6 Å². The van der Waals surface area contributed by atoms with E-state index in [2.05, 4.69) is 13.0 Å². The summed E-state index contributed by atoms with van der Waals surface area (Å²) in [5.41, 5.74) is 0.864. The first-order chi connectivity index (χ1) is 7.44. The highest BCUT2D eigenvalue weighted by Gasteiger charge is 2.21. The van der Waals surface area contributed by atoms with Gasteiger partial charge in [-0.2, -0.15) is 0 Å². The zero-order valence-electron chi connectivity index (χ0n) is 11.0. The van der Waals surface area contributed by atoms with Crippen LogP contribution in [0.4, 0.5) is 0 Å². The van der Waals surface area contributed by atoms with Crippen LogP contribution >= 0.6 is 0 Å². The maximum atomic E-state index is 11.9. The van der Waals surface area contributed by atoms with Crippen LogP contribution in [0, 0.1) is 5.92 Å². The molecule has 1 unspecified atom stereocenters. The van der Waals surface area contributed by atoms with Crippen molar-refractivity contribution in [3.63, 3.8) is 0 Å². The Labute approximate surface area is 99.1 Å². The Morgan fingerprint density at radius 1 is 1.56 bits per heavy atom. The molecule has 0 bridgehead atoms. The van der Waals surface area contributed by atoms with E-state index in [4.69, 9.17) is 4.74 Å². The van der Waals surface area contributed by atoms with E-state index in [0.29, 0.717) is 12.2 Å². The van der Waals surface area contributed by atoms with Gasteiger partial charge in [0.15, 0.2) is 5.78 Å². The number of hydrogen-bond acceptors (Lipinski definition) is 2. The van der Waals surface area contributed by atoms with Gasteiger partial charge < -0.3 is 4.74 Å². The van der Waals surface area contributed by atoms with E-state index in [-0.39, 0.29) is 5.60 Å². The lowest BCUT2D eigenvalue weighted by molar-refractivity contribution is -0.117. The van der Waals surface area contributed by atoms with E-state index in [1.807, 2.05) is 13.8 Å². The fourth-order valence-electron chi connectivity index (χ4n) is 1.90. The zero-order valence-corrected chi connectivity index (χ0v) is 11.0. The second-order valence-corrected chi connectivity index (χ2v) is 5.50. The van der Waals surface area contributed by atoms with Crippen molar-refractivity contribution in [2.45, 2.75) is 58.5 Å². The van der Waals surface area contributed by atoms with Crippen molar-refractivity contribution >= 4 is 5.78 Å². The van der Waals surface area contributed by atoms with Crippen LogP contribution < -0.4 is 0 Å². The molecule has 2 heteroatoms. The third-order valence-corrected chi connectivity index (χ3v) is 3.54. The van der Waals surface area contributed by atoms with E-state index in [1.165, 1.54) is 0 Å². The highest BCUT2D eigenvalue weighted by molar-refractivity contribution is 5.95. The average molecular weight is 224 g/mol. The third-order valence-electron chi connectivity index (χ3n) is 3.54. The molecular weight excluding hydrogens is 200 g/mol. The molecule has 0 amide bonds. The summed E-state index contributed by atoms with van der Waals surface area (Å²) < 4.78 is 5.32. The number of methoxy groups -OCH3 is 1. The van der Waals surface area contributed by atoms with E-state index in [0.717, 1.165) is 37.2 Å². The number of ether oxygens (including phenoxy) is 1. The summed E-state index contributed by atoms with van der Waals surface area (Å²) in [5.74, 6) is 1.06. The molecule has 92 valence electrons. The van der Waals surface area contributed by atoms with Crippen LogP contribution in [0.2, 0.25) is 0 Å². The number of hydrogen-bond donors (Lipinski definition) is 0. The van der Waals surface area contributed by atoms with Gasteiger partial charge >= 0.3 is 0 Å². The largest absolute Gasteiger partial charge is 0.379 e. The highest BCUT2D eigenvalue weighted by atomic mass is 16.5. The molecule has 1 aliphatic carbocycles. The van der Waals surface area contributed by atoms with E-state index < -0.39 is 0 Å². The SMILES string of the molecule is COC(C)(C)CCC(=O)C1=CCC(C)CC1. The van der Waals surface area contributed by atoms with Crippen LogP contribution in [0.1, 0.15) is 52.9 Å². The Kier molecular flexibility index (Phi) is 4.72. The predicted octanol–water partition coefficient (Wildman–Crippen LogP) is 3.51. The van der Waals surface area contributed by atoms with E-state index in [1.54, 1.807) is 7.11 Å². The first kappa shape index (κ1) is 13.4. The van der Waals surface area contributed by atoms with Crippen molar-refractivity contribution in [1.29, 1.82) is 0 Å². The summed E-state index contributed by atoms with van der Waals surface area (Å²) >= 11 is 0. The minimum atomic E-state index is -0.182. The topological polar surface area (TPSA) is 26.3 Å². The number of Topliss-reactive ketones (excluding diaryl/α,β-unsaturated/α-hetero) is 1. The molecule has 0 radical (unpaired) electrons. The van der Waals surface area contributed by atoms with Crippen molar-refractivity contribution in [2.75, 3.05) is 7.11 Å². The molecule has 1 aliphatic rings. The number of carbonyl (C=O) groups is 1. The lowest BCUT2D eigenvalue weighted by atomic mass is 9.87. The smallest absolute Gasteiger partial charge is 0.158 e. The molecular formula is C14H24O2. The second-order valence-electron chi connectivity index (χ2n) is 5.50. The Hall–Kier alpha value is -0.630. The minimum Gasteiger partial charge on any atom is -0.379 e. The van der Waals surface area contributed by atoms with Crippen molar-refractivity contribution < 1.29 is 9.53 Å². The number of allylic oxidation sites excluding steroid dienone is 2. The van der Waals surface area contributed by atoms with Gasteiger partial charge in [0.1, 0.15) is 0 Å². The van der Waals surface area contributed by atoms with Gasteiger partial charge in [-0.3, -0.25) is 4.79 Å². The third kappa shape index (κ3) is 4.09. The van der Waals surface area contributed by atoms with E-state index in [9.17, 15) is 4.79 Å². The molecule has 0 saturated carbocycles.